The van der Waals surface area contributed by atoms with Crippen molar-refractivity contribution in [3.63, 3.8) is 0 Å². The number of piperidine rings is 1. The Morgan fingerprint density at radius 3 is 2.48 bits per heavy atom. The van der Waals surface area contributed by atoms with E-state index in [0.29, 0.717) is 34.6 Å². The second-order valence-electron chi connectivity index (χ2n) is 12.3. The number of carbonyl (C=O) groups is 1. The number of sulfonamides is 1. The van der Waals surface area contributed by atoms with E-state index in [2.05, 4.69) is 37.4 Å². The SMILES string of the molecule is C[C@@H]1CN(c2cc(NC(=O)c3ccc(NS(=O)(=O)[C@H](C)CO)cc3N3CCC4(CC3)CC4)cc3ccn(C)c23)CCO1. The molecule has 0 radical (unpaired) electrons. The van der Waals surface area contributed by atoms with E-state index in [1.165, 1.54) is 19.8 Å². The monoisotopic (exact) mass is 595 g/mol. The number of rotatable bonds is 8. The van der Waals surface area contributed by atoms with Gasteiger partial charge in [-0.05, 0) is 81.3 Å². The molecule has 3 aliphatic rings. The van der Waals surface area contributed by atoms with Gasteiger partial charge in [0.1, 0.15) is 5.25 Å². The molecule has 0 unspecified atom stereocenters. The van der Waals surface area contributed by atoms with Crippen molar-refractivity contribution >= 4 is 49.6 Å². The number of carbonyl (C=O) groups excluding carboxylic acids is 1. The predicted octanol–water partition coefficient (Wildman–Crippen LogP) is 4.16. The molecular formula is C31H41N5O5S. The molecule has 1 aromatic heterocycles. The Kier molecular flexibility index (Phi) is 7.61. The molecule has 0 bridgehead atoms. The Balaban J connectivity index is 1.32. The van der Waals surface area contributed by atoms with Gasteiger partial charge in [0.2, 0.25) is 10.0 Å². The number of nitrogens with one attached hydrogen (secondary N) is 2. The summed E-state index contributed by atoms with van der Waals surface area (Å²) in [4.78, 5) is 18.4. The van der Waals surface area contributed by atoms with Crippen molar-refractivity contribution in [1.82, 2.24) is 4.57 Å². The molecule has 6 rings (SSSR count). The molecule has 10 nitrogen and oxygen atoms in total. The van der Waals surface area contributed by atoms with E-state index < -0.39 is 21.9 Å². The van der Waals surface area contributed by atoms with Gasteiger partial charge >= 0.3 is 0 Å². The van der Waals surface area contributed by atoms with Crippen molar-refractivity contribution in [2.75, 3.05) is 59.2 Å². The molecule has 3 aromatic rings. The van der Waals surface area contributed by atoms with E-state index >= 15 is 0 Å². The van der Waals surface area contributed by atoms with E-state index in [9.17, 15) is 18.3 Å². The summed E-state index contributed by atoms with van der Waals surface area (Å²) in [5.74, 6) is -0.244. The fourth-order valence-electron chi connectivity index (χ4n) is 6.28. The second-order valence-corrected chi connectivity index (χ2v) is 14.4. The molecule has 3 fully saturated rings. The van der Waals surface area contributed by atoms with E-state index in [-0.39, 0.29) is 12.0 Å². The lowest BCUT2D eigenvalue weighted by Crippen LogP contribution is -2.41. The van der Waals surface area contributed by atoms with Gasteiger partial charge in [-0.25, -0.2) is 8.42 Å². The number of benzene rings is 2. The predicted molar refractivity (Wildman–Crippen MR) is 167 cm³/mol. The van der Waals surface area contributed by atoms with Crippen molar-refractivity contribution in [2.45, 2.75) is 50.9 Å². The van der Waals surface area contributed by atoms with Crippen molar-refractivity contribution in [1.29, 1.82) is 0 Å². The van der Waals surface area contributed by atoms with Crippen LogP contribution in [0, 0.1) is 5.41 Å². The summed E-state index contributed by atoms with van der Waals surface area (Å²) in [6, 6.07) is 11.2. The van der Waals surface area contributed by atoms with E-state index in [1.807, 2.05) is 25.4 Å². The van der Waals surface area contributed by atoms with Crippen molar-refractivity contribution in [3.05, 3.63) is 48.2 Å². The summed E-state index contributed by atoms with van der Waals surface area (Å²) in [5, 5.41) is 12.6. The van der Waals surface area contributed by atoms with Crippen molar-refractivity contribution in [3.8, 4) is 0 Å². The molecule has 2 aromatic carbocycles. The number of aryl methyl sites for hydroxylation is 1. The number of hydrogen-bond donors (Lipinski definition) is 3. The number of amides is 1. The standard InChI is InChI=1S/C31H41N5O5S/c1-21-19-36(14-15-41-21)28-18-25(16-23-6-11-34(3)29(23)28)32-30(38)26-5-4-24(33-42(39,40)22(2)20-37)17-27(26)35-12-9-31(7-8-31)10-13-35/h4-6,11,16-18,21-22,33,37H,7-10,12-15,19-20H2,1-3H3,(H,32,38)/t21-,22-/m1/s1. The quantitative estimate of drug-likeness (QED) is 0.358. The Bertz CT molecular complexity index is 1590. The van der Waals surface area contributed by atoms with Crippen LogP contribution in [0.2, 0.25) is 0 Å². The van der Waals surface area contributed by atoms with Crippen LogP contribution in [0.15, 0.2) is 42.6 Å². The highest BCUT2D eigenvalue weighted by molar-refractivity contribution is 7.93. The zero-order chi connectivity index (χ0) is 29.6. The highest BCUT2D eigenvalue weighted by atomic mass is 32.2. The first kappa shape index (κ1) is 28.8. The average Bonchev–Trinajstić information content (AvgIpc) is 3.62. The van der Waals surface area contributed by atoms with Gasteiger partial charge < -0.3 is 29.5 Å². The topological polar surface area (TPSA) is 116 Å². The fraction of sp³-hybridized carbons (Fsp3) is 0.516. The number of nitrogens with zero attached hydrogens (tertiary/aromatic N) is 3. The first-order chi connectivity index (χ1) is 20.1. The lowest BCUT2D eigenvalue weighted by Gasteiger charge is -2.35. The van der Waals surface area contributed by atoms with Crippen LogP contribution in [0.5, 0.6) is 0 Å². The minimum atomic E-state index is -3.77. The number of aliphatic hydroxyl groups excluding tert-OH is 1. The van der Waals surface area contributed by atoms with Crippen LogP contribution >= 0.6 is 0 Å². The van der Waals surface area contributed by atoms with Gasteiger partial charge in [0.15, 0.2) is 0 Å². The average molecular weight is 596 g/mol. The van der Waals surface area contributed by atoms with Crippen LogP contribution in [0.3, 0.4) is 0 Å². The minimum Gasteiger partial charge on any atom is -0.395 e. The third-order valence-electron chi connectivity index (χ3n) is 9.20. The molecule has 1 saturated carbocycles. The number of morpholine rings is 1. The van der Waals surface area contributed by atoms with E-state index in [4.69, 9.17) is 4.74 Å². The van der Waals surface area contributed by atoms with Crippen LogP contribution in [0.1, 0.15) is 49.9 Å². The maximum Gasteiger partial charge on any atom is 0.257 e. The van der Waals surface area contributed by atoms with Gasteiger partial charge in [0.05, 0.1) is 47.5 Å². The molecule has 3 heterocycles. The maximum absolute atomic E-state index is 13.9. The molecule has 3 N–H and O–H groups in total. The van der Waals surface area contributed by atoms with Gasteiger partial charge in [-0.2, -0.15) is 0 Å². The van der Waals surface area contributed by atoms with Gasteiger partial charge in [-0.1, -0.05) is 0 Å². The highest BCUT2D eigenvalue weighted by Gasteiger charge is 2.44. The molecule has 11 heteroatoms. The Morgan fingerprint density at radius 2 is 1.79 bits per heavy atom. The number of aliphatic hydroxyl groups is 1. The van der Waals surface area contributed by atoms with Crippen molar-refractivity contribution < 1.29 is 23.1 Å². The lowest BCUT2D eigenvalue weighted by atomic mass is 9.93. The third-order valence-corrected chi connectivity index (χ3v) is 10.9. The molecule has 1 amide bonds. The largest absolute Gasteiger partial charge is 0.395 e. The van der Waals surface area contributed by atoms with Crippen LogP contribution in [-0.4, -0.2) is 74.7 Å². The fourth-order valence-corrected chi connectivity index (χ4v) is 7.13. The molecule has 2 aliphatic heterocycles. The van der Waals surface area contributed by atoms with Crippen LogP contribution < -0.4 is 19.8 Å². The number of anilines is 4. The van der Waals surface area contributed by atoms with Crippen LogP contribution in [0.4, 0.5) is 22.7 Å². The first-order valence-corrected chi connectivity index (χ1v) is 16.4. The normalized spacial score (nSPS) is 21.0. The Hall–Kier alpha value is -3.28. The van der Waals surface area contributed by atoms with Crippen LogP contribution in [-0.2, 0) is 21.8 Å². The third kappa shape index (κ3) is 5.69. The second kappa shape index (κ2) is 11.1. The van der Waals surface area contributed by atoms with E-state index in [0.717, 1.165) is 55.6 Å². The number of ether oxygens (including phenoxy) is 1. The van der Waals surface area contributed by atoms with Gasteiger partial charge in [-0.15, -0.1) is 0 Å². The minimum absolute atomic E-state index is 0.116. The molecular weight excluding hydrogens is 554 g/mol. The molecule has 42 heavy (non-hydrogen) atoms. The Morgan fingerprint density at radius 1 is 1.05 bits per heavy atom. The Labute approximate surface area is 247 Å². The molecule has 1 spiro atoms. The number of hydrogen-bond acceptors (Lipinski definition) is 7. The zero-order valence-corrected chi connectivity index (χ0v) is 25.4. The van der Waals surface area contributed by atoms with Crippen molar-refractivity contribution in [2.24, 2.45) is 12.5 Å². The smallest absolute Gasteiger partial charge is 0.257 e. The molecule has 2 atom stereocenters. The summed E-state index contributed by atoms with van der Waals surface area (Å²) in [5.41, 5.74) is 4.90. The van der Waals surface area contributed by atoms with Crippen LogP contribution in [0.25, 0.3) is 10.9 Å². The van der Waals surface area contributed by atoms with Gasteiger partial charge in [0.25, 0.3) is 5.91 Å². The summed E-state index contributed by atoms with van der Waals surface area (Å²) in [6.45, 7) is 6.88. The summed E-state index contributed by atoms with van der Waals surface area (Å²) in [7, 11) is -1.74. The molecule has 1 aliphatic carbocycles. The molecule has 2 saturated heterocycles. The lowest BCUT2D eigenvalue weighted by molar-refractivity contribution is 0.0533. The maximum atomic E-state index is 13.9. The zero-order valence-electron chi connectivity index (χ0n) is 24.6. The van der Waals surface area contributed by atoms with E-state index in [1.54, 1.807) is 18.2 Å². The highest BCUT2D eigenvalue weighted by Crippen LogP contribution is 2.54. The number of fused-ring (bicyclic) bond motifs is 1. The number of aromatic nitrogens is 1. The summed E-state index contributed by atoms with van der Waals surface area (Å²) in [6.07, 6.45) is 6.81. The van der Waals surface area contributed by atoms with Gasteiger partial charge in [0, 0.05) is 50.5 Å². The van der Waals surface area contributed by atoms with Gasteiger partial charge in [-0.3, -0.25) is 9.52 Å². The summed E-state index contributed by atoms with van der Waals surface area (Å²) < 4.78 is 35.9. The first-order valence-electron chi connectivity index (χ1n) is 14.9. The summed E-state index contributed by atoms with van der Waals surface area (Å²) >= 11 is 0. The molecule has 226 valence electrons.